The molecule has 0 aliphatic carbocycles. The summed E-state index contributed by atoms with van der Waals surface area (Å²) in [6.45, 7) is 3.55. The Hall–Kier alpha value is -2.77. The normalized spacial score (nSPS) is 19.9. The smallest absolute Gasteiger partial charge is 0.382 e. The minimum Gasteiger partial charge on any atom is -0.382 e. The number of aliphatic imine (C=N–C) groups is 2. The predicted octanol–water partition coefficient (Wildman–Crippen LogP) is 2.39. The van der Waals surface area contributed by atoms with Crippen LogP contribution in [0.5, 0.6) is 0 Å². The van der Waals surface area contributed by atoms with Crippen LogP contribution in [0.4, 0.5) is 13.2 Å². The molecular formula is C13H10F3N5. The molecule has 0 unspecified atom stereocenters. The van der Waals surface area contributed by atoms with Crippen LogP contribution < -0.4 is 5.73 Å². The van der Waals surface area contributed by atoms with Crippen molar-refractivity contribution in [3.8, 4) is 0 Å². The molecule has 8 heteroatoms. The lowest BCUT2D eigenvalue weighted by Gasteiger charge is -2.11. The van der Waals surface area contributed by atoms with Gasteiger partial charge in [0, 0.05) is 11.8 Å². The Morgan fingerprint density at radius 1 is 1.10 bits per heavy atom. The molecule has 2 N–H and O–H groups in total. The van der Waals surface area contributed by atoms with Crippen molar-refractivity contribution in [2.75, 3.05) is 0 Å². The van der Waals surface area contributed by atoms with Gasteiger partial charge in [-0.2, -0.15) is 18.3 Å². The second-order valence-corrected chi connectivity index (χ2v) is 3.95. The number of benzene rings is 1. The lowest BCUT2D eigenvalue weighted by atomic mass is 10.1. The highest BCUT2D eigenvalue weighted by atomic mass is 19.4. The van der Waals surface area contributed by atoms with Crippen molar-refractivity contribution in [1.82, 2.24) is 0 Å². The van der Waals surface area contributed by atoms with Crippen LogP contribution >= 0.6 is 0 Å². The fourth-order valence-corrected chi connectivity index (χ4v) is 1.55. The molecule has 0 saturated carbocycles. The minimum atomic E-state index is -4.54. The van der Waals surface area contributed by atoms with E-state index in [0.717, 1.165) is 6.07 Å². The van der Waals surface area contributed by atoms with Crippen LogP contribution in [0.25, 0.3) is 0 Å². The van der Waals surface area contributed by atoms with Gasteiger partial charge in [0.15, 0.2) is 11.7 Å². The van der Waals surface area contributed by atoms with E-state index in [0.29, 0.717) is 0 Å². The topological polar surface area (TPSA) is 75.5 Å². The van der Waals surface area contributed by atoms with Crippen LogP contribution in [0.1, 0.15) is 11.1 Å². The minimum absolute atomic E-state index is 0.112. The molecule has 0 saturated heterocycles. The van der Waals surface area contributed by atoms with Crippen LogP contribution in [0, 0.1) is 0 Å². The first-order valence-corrected chi connectivity index (χ1v) is 5.73. The van der Waals surface area contributed by atoms with Crippen LogP contribution in [0.3, 0.4) is 0 Å². The summed E-state index contributed by atoms with van der Waals surface area (Å²) in [6.07, 6.45) is -2.07. The maximum atomic E-state index is 13.0. The van der Waals surface area contributed by atoms with Crippen molar-refractivity contribution in [1.29, 1.82) is 0 Å². The molecule has 0 aromatic heterocycles. The fourth-order valence-electron chi connectivity index (χ4n) is 1.55. The van der Waals surface area contributed by atoms with Gasteiger partial charge in [-0.25, -0.2) is 4.99 Å². The predicted molar refractivity (Wildman–Crippen MR) is 75.7 cm³/mol. The molecule has 0 atom stereocenters. The molecule has 108 valence electrons. The molecule has 1 heterocycles. The summed E-state index contributed by atoms with van der Waals surface area (Å²) < 4.78 is 39.1. The van der Waals surface area contributed by atoms with Crippen molar-refractivity contribution in [2.45, 2.75) is 6.18 Å². The molecule has 1 aromatic rings. The standard InChI is InChI=1S/C13H10F3N5/c1-8-11(17)20-12(21-19-7-6-18-8)9-4-2-3-5-10(9)13(14,15)16/h2-7H,1H2,(H2,17,20,21)/b18-6?,19-7-. The molecule has 0 spiro atoms. The van der Waals surface area contributed by atoms with Crippen LogP contribution in [-0.2, 0) is 6.18 Å². The summed E-state index contributed by atoms with van der Waals surface area (Å²) in [7, 11) is 0. The molecule has 2 rings (SSSR count). The van der Waals surface area contributed by atoms with Crippen molar-refractivity contribution in [2.24, 2.45) is 25.9 Å². The van der Waals surface area contributed by atoms with E-state index in [1.165, 1.54) is 30.6 Å². The molecular weight excluding hydrogens is 283 g/mol. The second kappa shape index (κ2) is 5.70. The molecule has 21 heavy (non-hydrogen) atoms. The van der Waals surface area contributed by atoms with Crippen molar-refractivity contribution >= 4 is 24.1 Å². The molecule has 1 aliphatic rings. The average molecular weight is 293 g/mol. The molecule has 0 bridgehead atoms. The zero-order valence-corrected chi connectivity index (χ0v) is 10.7. The Labute approximate surface area is 118 Å². The van der Waals surface area contributed by atoms with E-state index in [4.69, 9.17) is 5.73 Å². The number of halogens is 3. The molecule has 5 nitrogen and oxygen atoms in total. The Balaban J connectivity index is 2.60. The largest absolute Gasteiger partial charge is 0.417 e. The summed E-state index contributed by atoms with van der Waals surface area (Å²) in [5.74, 6) is -0.393. The van der Waals surface area contributed by atoms with Gasteiger partial charge in [0.25, 0.3) is 0 Å². The Morgan fingerprint density at radius 2 is 1.81 bits per heavy atom. The van der Waals surface area contributed by atoms with Crippen LogP contribution in [-0.4, -0.2) is 24.1 Å². The van der Waals surface area contributed by atoms with Gasteiger partial charge in [0.2, 0.25) is 0 Å². The Kier molecular flexibility index (Phi) is 3.97. The lowest BCUT2D eigenvalue weighted by Crippen LogP contribution is -2.18. The highest BCUT2D eigenvalue weighted by molar-refractivity contribution is 6.19. The third kappa shape index (κ3) is 3.41. The molecule has 0 fully saturated rings. The summed E-state index contributed by atoms with van der Waals surface area (Å²) >= 11 is 0. The summed E-state index contributed by atoms with van der Waals surface area (Å²) in [5.41, 5.74) is 4.64. The molecule has 1 aliphatic heterocycles. The van der Waals surface area contributed by atoms with Gasteiger partial charge in [-0.3, -0.25) is 4.99 Å². The quantitative estimate of drug-likeness (QED) is 0.848. The van der Waals surface area contributed by atoms with Crippen molar-refractivity contribution < 1.29 is 13.2 Å². The number of alkyl halides is 3. The fraction of sp³-hybridized carbons (Fsp3) is 0.0769. The van der Waals surface area contributed by atoms with Gasteiger partial charge in [-0.15, -0.1) is 5.10 Å². The highest BCUT2D eigenvalue weighted by Crippen LogP contribution is 2.32. The van der Waals surface area contributed by atoms with Crippen molar-refractivity contribution in [3.63, 3.8) is 0 Å². The van der Waals surface area contributed by atoms with Crippen molar-refractivity contribution in [3.05, 3.63) is 47.7 Å². The SMILES string of the molecule is C=C1N=C/C=N\N=C(\c2ccccc2C(F)(F)F)N=C1N. The number of hydrogen-bond acceptors (Lipinski definition) is 5. The van der Waals surface area contributed by atoms with Gasteiger partial charge in [-0.1, -0.05) is 24.8 Å². The van der Waals surface area contributed by atoms with Gasteiger partial charge >= 0.3 is 6.18 Å². The number of nitrogens with zero attached hydrogens (tertiary/aromatic N) is 4. The van der Waals surface area contributed by atoms with E-state index >= 15 is 0 Å². The van der Waals surface area contributed by atoms with E-state index in [2.05, 4.69) is 26.8 Å². The Morgan fingerprint density at radius 3 is 2.52 bits per heavy atom. The van der Waals surface area contributed by atoms with Gasteiger partial charge in [0.05, 0.1) is 17.5 Å². The summed E-state index contributed by atoms with van der Waals surface area (Å²) in [5, 5.41) is 7.24. The maximum absolute atomic E-state index is 13.0. The average Bonchev–Trinajstić information content (AvgIpc) is 2.51. The zero-order chi connectivity index (χ0) is 15.5. The van der Waals surface area contributed by atoms with E-state index in [9.17, 15) is 13.2 Å². The third-order valence-electron chi connectivity index (χ3n) is 2.51. The zero-order valence-electron chi connectivity index (χ0n) is 10.7. The second-order valence-electron chi connectivity index (χ2n) is 3.95. The highest BCUT2D eigenvalue weighted by Gasteiger charge is 2.34. The van der Waals surface area contributed by atoms with E-state index < -0.39 is 11.7 Å². The first kappa shape index (κ1) is 14.6. The number of amidine groups is 2. The summed E-state index contributed by atoms with van der Waals surface area (Å²) in [6, 6.07) is 4.90. The molecule has 1 aromatic carbocycles. The van der Waals surface area contributed by atoms with Crippen LogP contribution in [0.15, 0.2) is 56.7 Å². The van der Waals surface area contributed by atoms with E-state index in [1.807, 2.05) is 0 Å². The lowest BCUT2D eigenvalue weighted by molar-refractivity contribution is -0.137. The number of rotatable bonds is 1. The number of nitrogens with two attached hydrogens (primary N) is 1. The summed E-state index contributed by atoms with van der Waals surface area (Å²) in [4.78, 5) is 7.64. The third-order valence-corrected chi connectivity index (χ3v) is 2.51. The molecule has 0 radical (unpaired) electrons. The van der Waals surface area contributed by atoms with Gasteiger partial charge in [0.1, 0.15) is 0 Å². The monoisotopic (exact) mass is 293 g/mol. The van der Waals surface area contributed by atoms with Crippen LogP contribution in [0.2, 0.25) is 0 Å². The van der Waals surface area contributed by atoms with Gasteiger partial charge < -0.3 is 5.73 Å². The maximum Gasteiger partial charge on any atom is 0.417 e. The first-order chi connectivity index (χ1) is 9.89. The number of hydrogen-bond donors (Lipinski definition) is 1. The first-order valence-electron chi connectivity index (χ1n) is 5.73. The molecule has 0 amide bonds. The van der Waals surface area contributed by atoms with E-state index in [-0.39, 0.29) is 22.9 Å². The van der Waals surface area contributed by atoms with E-state index in [1.54, 1.807) is 0 Å². The van der Waals surface area contributed by atoms with Gasteiger partial charge in [-0.05, 0) is 6.07 Å². The Bertz CT molecular complexity index is 683.